The zero-order chi connectivity index (χ0) is 29.9. The Bertz CT molecular complexity index is 1740. The summed E-state index contributed by atoms with van der Waals surface area (Å²) in [6.07, 6.45) is -11.0. The van der Waals surface area contributed by atoms with Crippen LogP contribution in [0.25, 0.3) is 22.3 Å². The number of aliphatic hydroxyl groups excluding tert-OH is 2. The third-order valence-corrected chi connectivity index (χ3v) is 7.72. The number of hydrogen-bond acceptors (Lipinski definition) is 15. The van der Waals surface area contributed by atoms with Crippen molar-refractivity contribution in [1.29, 1.82) is 0 Å². The molecule has 1 unspecified atom stereocenters. The summed E-state index contributed by atoms with van der Waals surface area (Å²) in [4.78, 5) is 44.0. The summed E-state index contributed by atoms with van der Waals surface area (Å²) in [7, 11) is -5.19. The zero-order valence-corrected chi connectivity index (χ0v) is 21.8. The van der Waals surface area contributed by atoms with Crippen molar-refractivity contribution < 1.29 is 52.1 Å². The van der Waals surface area contributed by atoms with Gasteiger partial charge in [-0.2, -0.15) is 9.97 Å². The molecule has 0 amide bonds. The van der Waals surface area contributed by atoms with Gasteiger partial charge < -0.3 is 35.4 Å². The number of aromatic nitrogens is 8. The van der Waals surface area contributed by atoms with Gasteiger partial charge >= 0.3 is 7.82 Å². The third-order valence-electron chi connectivity index (χ3n) is 6.73. The van der Waals surface area contributed by atoms with Gasteiger partial charge in [0.15, 0.2) is 47.1 Å². The van der Waals surface area contributed by atoms with Gasteiger partial charge in [0, 0.05) is 0 Å². The second-order valence-corrected chi connectivity index (χ2v) is 10.7. The highest BCUT2D eigenvalue weighted by molar-refractivity contribution is 7.47. The van der Waals surface area contributed by atoms with Crippen LogP contribution in [0.1, 0.15) is 12.5 Å². The van der Waals surface area contributed by atoms with Crippen molar-refractivity contribution in [3.8, 4) is 5.88 Å². The van der Waals surface area contributed by atoms with Gasteiger partial charge in [0.1, 0.15) is 30.7 Å². The van der Waals surface area contributed by atoms with E-state index in [-0.39, 0.29) is 28.3 Å². The van der Waals surface area contributed by atoms with Crippen molar-refractivity contribution in [1.82, 2.24) is 39.0 Å². The van der Waals surface area contributed by atoms with Gasteiger partial charge in [-0.3, -0.25) is 28.0 Å². The molecule has 226 valence electrons. The molecule has 9 atom stereocenters. The Morgan fingerprint density at radius 1 is 1.05 bits per heavy atom. The minimum atomic E-state index is -5.19. The van der Waals surface area contributed by atoms with Crippen LogP contribution in [-0.2, 0) is 23.1 Å². The SMILES string of the molecule is Nc1nc2c(ncn2[C@@H]2O[C@H](CO)[C@@H](F)[C@H]2OP(=O)(O)OC[C@H]2O[C@H](n3cnc4c(O)ncnc43)[C@H](F)[C@@H]2O)c(=O)[nH]1. The van der Waals surface area contributed by atoms with Gasteiger partial charge in [0.2, 0.25) is 11.8 Å². The molecule has 19 nitrogen and oxygen atoms in total. The number of nitrogens with one attached hydrogen (secondary N) is 1. The molecule has 2 saturated heterocycles. The number of alkyl halides is 2. The van der Waals surface area contributed by atoms with E-state index in [1.165, 1.54) is 0 Å². The first-order chi connectivity index (χ1) is 20.0. The molecule has 0 spiro atoms. The van der Waals surface area contributed by atoms with Gasteiger partial charge in [-0.15, -0.1) is 0 Å². The number of imidazole rings is 2. The number of hydrogen-bond donors (Lipinski definition) is 6. The van der Waals surface area contributed by atoms with Crippen LogP contribution in [0.15, 0.2) is 23.8 Å². The maximum absolute atomic E-state index is 15.2. The molecule has 6 heterocycles. The molecular formula is C20H22F2N9O10P. The van der Waals surface area contributed by atoms with Crippen molar-refractivity contribution in [3.63, 3.8) is 0 Å². The molecule has 0 aliphatic carbocycles. The predicted molar refractivity (Wildman–Crippen MR) is 131 cm³/mol. The van der Waals surface area contributed by atoms with Crippen LogP contribution in [0.2, 0.25) is 0 Å². The lowest BCUT2D eigenvalue weighted by Gasteiger charge is -2.24. The predicted octanol–water partition coefficient (Wildman–Crippen LogP) is -1.43. The minimum Gasteiger partial charge on any atom is -0.492 e. The maximum Gasteiger partial charge on any atom is 0.472 e. The Morgan fingerprint density at radius 2 is 1.74 bits per heavy atom. The minimum absolute atomic E-state index is 0.00922. The molecule has 22 heteroatoms. The number of rotatable bonds is 8. The highest BCUT2D eigenvalue weighted by atomic mass is 31.2. The van der Waals surface area contributed by atoms with E-state index < -0.39 is 81.7 Å². The zero-order valence-electron chi connectivity index (χ0n) is 20.9. The number of fused-ring (bicyclic) bond motifs is 2. The molecule has 2 aliphatic heterocycles. The molecule has 2 aliphatic rings. The van der Waals surface area contributed by atoms with E-state index in [0.29, 0.717) is 0 Å². The molecule has 4 aromatic heterocycles. The number of phosphoric ester groups is 1. The normalized spacial score (nSPS) is 31.3. The number of aliphatic hydroxyl groups is 2. The van der Waals surface area contributed by atoms with Gasteiger partial charge in [0.05, 0.1) is 25.9 Å². The average Bonchev–Trinajstić information content (AvgIpc) is 3.69. The Morgan fingerprint density at radius 3 is 2.48 bits per heavy atom. The van der Waals surface area contributed by atoms with E-state index in [4.69, 9.17) is 24.3 Å². The average molecular weight is 617 g/mol. The molecule has 7 N–H and O–H groups in total. The number of phosphoric acid groups is 1. The van der Waals surface area contributed by atoms with E-state index in [2.05, 4.69) is 29.9 Å². The van der Waals surface area contributed by atoms with Crippen LogP contribution in [0.4, 0.5) is 14.7 Å². The molecule has 2 fully saturated rings. The monoisotopic (exact) mass is 617 g/mol. The molecule has 42 heavy (non-hydrogen) atoms. The van der Waals surface area contributed by atoms with Crippen molar-refractivity contribution >= 4 is 36.1 Å². The van der Waals surface area contributed by atoms with Crippen LogP contribution >= 0.6 is 7.82 Å². The second kappa shape index (κ2) is 10.5. The van der Waals surface area contributed by atoms with E-state index in [1.54, 1.807) is 0 Å². The fourth-order valence-electron chi connectivity index (χ4n) is 4.75. The van der Waals surface area contributed by atoms with Gasteiger partial charge in [-0.25, -0.2) is 28.3 Å². The lowest BCUT2D eigenvalue weighted by molar-refractivity contribution is -0.0600. The lowest BCUT2D eigenvalue weighted by Crippen LogP contribution is -2.33. The number of aromatic hydroxyl groups is 1. The molecule has 0 bridgehead atoms. The summed E-state index contributed by atoms with van der Waals surface area (Å²) in [5.74, 6) is -0.770. The Hall–Kier alpha value is -3.69. The van der Waals surface area contributed by atoms with Crippen molar-refractivity contribution in [2.75, 3.05) is 18.9 Å². The highest BCUT2D eigenvalue weighted by Gasteiger charge is 2.51. The number of nitrogens with zero attached hydrogens (tertiary/aromatic N) is 7. The van der Waals surface area contributed by atoms with E-state index in [9.17, 15) is 29.6 Å². The largest absolute Gasteiger partial charge is 0.492 e. The summed E-state index contributed by atoms with van der Waals surface area (Å²) in [5, 5.41) is 29.7. The van der Waals surface area contributed by atoms with E-state index >= 15 is 8.78 Å². The first-order valence-electron chi connectivity index (χ1n) is 12.1. The highest BCUT2D eigenvalue weighted by Crippen LogP contribution is 2.50. The summed E-state index contributed by atoms with van der Waals surface area (Å²) in [6, 6.07) is 0. The molecule has 0 aromatic carbocycles. The fraction of sp³-hybridized carbons (Fsp3) is 0.500. The second-order valence-electron chi connectivity index (χ2n) is 9.32. The van der Waals surface area contributed by atoms with Gasteiger partial charge in [-0.05, 0) is 0 Å². The number of H-pyrrole nitrogens is 1. The summed E-state index contributed by atoms with van der Waals surface area (Å²) < 4.78 is 66.2. The standard InChI is InChI=1S/C20H22F2N9O10P/c21-8-6(1-32)39-19(31-5-27-11-15(31)28-20(23)29-17(11)35)13(8)41-42(36,37)38-2-7-12(33)9(22)18(40-7)30-4-26-10-14(30)24-3-25-16(10)34/h3-9,12-13,18-19,32-33H,1-2H2,(H,36,37)(H,24,25,34)(H3,23,28,29,35)/t6-,7-,8-,9-,12-,13-,18+,19-/m1/s1. The van der Waals surface area contributed by atoms with Crippen LogP contribution < -0.4 is 11.3 Å². The number of nitrogens with two attached hydrogens (primary N) is 1. The first kappa shape index (κ1) is 28.4. The molecule has 4 aromatic rings. The Kier molecular flexibility index (Phi) is 7.14. The van der Waals surface area contributed by atoms with Gasteiger partial charge in [0.25, 0.3) is 5.56 Å². The number of aromatic amines is 1. The van der Waals surface area contributed by atoms with E-state index in [0.717, 1.165) is 28.1 Å². The number of nitrogen functional groups attached to an aromatic ring is 1. The quantitative estimate of drug-likeness (QED) is 0.124. The smallest absolute Gasteiger partial charge is 0.472 e. The van der Waals surface area contributed by atoms with Crippen LogP contribution in [0, 0.1) is 0 Å². The summed E-state index contributed by atoms with van der Waals surface area (Å²) in [6.45, 7) is -1.73. The van der Waals surface area contributed by atoms with Crippen molar-refractivity contribution in [2.45, 2.75) is 49.2 Å². The fourth-order valence-corrected chi connectivity index (χ4v) is 5.67. The van der Waals surface area contributed by atoms with Crippen LogP contribution in [0.3, 0.4) is 0 Å². The molecule has 6 rings (SSSR count). The summed E-state index contributed by atoms with van der Waals surface area (Å²) >= 11 is 0. The van der Waals surface area contributed by atoms with Crippen molar-refractivity contribution in [2.24, 2.45) is 0 Å². The third kappa shape index (κ3) is 4.78. The van der Waals surface area contributed by atoms with Gasteiger partial charge in [-0.1, -0.05) is 0 Å². The van der Waals surface area contributed by atoms with Crippen LogP contribution in [-0.4, -0.2) is 109 Å². The first-order valence-corrected chi connectivity index (χ1v) is 13.6. The molecule has 0 radical (unpaired) electrons. The topological polar surface area (TPSA) is 268 Å². The summed E-state index contributed by atoms with van der Waals surface area (Å²) in [5.41, 5.74) is 4.44. The number of anilines is 1. The molecular weight excluding hydrogens is 595 g/mol. The van der Waals surface area contributed by atoms with E-state index in [1.807, 2.05) is 0 Å². The Labute approximate surface area is 231 Å². The van der Waals surface area contributed by atoms with Crippen LogP contribution in [0.5, 0.6) is 5.88 Å². The number of ether oxygens (including phenoxy) is 2. The maximum atomic E-state index is 15.2. The number of halogens is 2. The van der Waals surface area contributed by atoms with Crippen molar-refractivity contribution in [3.05, 3.63) is 29.3 Å². The molecule has 0 saturated carbocycles. The lowest BCUT2D eigenvalue weighted by atomic mass is 10.1. The Balaban J connectivity index is 1.19.